The number of alkyl halides is 2. The van der Waals surface area contributed by atoms with Crippen LogP contribution in [0.1, 0.15) is 39.0 Å². The molecule has 2 fully saturated rings. The standard InChI is InChI=1S/C18H23F2N5O5/c1-16(19,20)8-11(13(26)23-17(10-21)2-3-17)22-15(29)25-6-4-18(5-7-25)9-12(14(27)28)24-30-18/h9,11,24H,2-8H2,1H3,(H,22,29)(H,23,26)(H,27,28). The van der Waals surface area contributed by atoms with Crippen molar-refractivity contribution in [1.29, 1.82) is 5.26 Å². The van der Waals surface area contributed by atoms with Crippen molar-refractivity contribution in [1.82, 2.24) is 21.0 Å². The number of amides is 3. The van der Waals surface area contributed by atoms with Gasteiger partial charge in [0.25, 0.3) is 0 Å². The Hall–Kier alpha value is -2.94. The molecule has 0 bridgehead atoms. The van der Waals surface area contributed by atoms with E-state index in [9.17, 15) is 23.2 Å². The molecule has 3 rings (SSSR count). The van der Waals surface area contributed by atoms with Crippen molar-refractivity contribution in [3.63, 3.8) is 0 Å². The van der Waals surface area contributed by atoms with Crippen LogP contribution in [0.4, 0.5) is 13.6 Å². The molecule has 0 aromatic heterocycles. The molecule has 1 unspecified atom stereocenters. The third-order valence-corrected chi connectivity index (χ3v) is 5.40. The van der Waals surface area contributed by atoms with Gasteiger partial charge in [-0.3, -0.25) is 15.1 Å². The van der Waals surface area contributed by atoms with Crippen LogP contribution in [0.3, 0.4) is 0 Å². The lowest BCUT2D eigenvalue weighted by Gasteiger charge is -2.37. The third kappa shape index (κ3) is 4.96. The monoisotopic (exact) mass is 427 g/mol. The van der Waals surface area contributed by atoms with Gasteiger partial charge in [0.05, 0.1) is 6.07 Å². The molecule has 10 nitrogen and oxygen atoms in total. The first kappa shape index (κ1) is 21.8. The van der Waals surface area contributed by atoms with E-state index < -0.39 is 47.4 Å². The third-order valence-electron chi connectivity index (χ3n) is 5.40. The highest BCUT2D eigenvalue weighted by molar-refractivity contribution is 5.88. The molecule has 1 saturated heterocycles. The maximum absolute atomic E-state index is 13.6. The smallest absolute Gasteiger partial charge is 0.354 e. The summed E-state index contributed by atoms with van der Waals surface area (Å²) in [5, 5.41) is 22.9. The van der Waals surface area contributed by atoms with Gasteiger partial charge in [-0.1, -0.05) is 0 Å². The summed E-state index contributed by atoms with van der Waals surface area (Å²) in [5.74, 6) is -5.19. The quantitative estimate of drug-likeness (QED) is 0.486. The minimum atomic E-state index is -3.20. The molecule has 12 heteroatoms. The lowest BCUT2D eigenvalue weighted by molar-refractivity contribution is -0.135. The van der Waals surface area contributed by atoms with Crippen molar-refractivity contribution in [2.24, 2.45) is 0 Å². The molecule has 1 aliphatic carbocycles. The van der Waals surface area contributed by atoms with Crippen LogP contribution in [0.25, 0.3) is 0 Å². The van der Waals surface area contributed by atoms with Crippen LogP contribution >= 0.6 is 0 Å². The Balaban J connectivity index is 1.60. The average molecular weight is 427 g/mol. The molecule has 0 radical (unpaired) electrons. The number of carbonyl (C=O) groups excluding carboxylic acids is 2. The normalized spacial score (nSPS) is 22.3. The van der Waals surface area contributed by atoms with Gasteiger partial charge >= 0.3 is 12.0 Å². The Morgan fingerprint density at radius 3 is 2.47 bits per heavy atom. The van der Waals surface area contributed by atoms with Gasteiger partial charge < -0.3 is 20.6 Å². The first-order chi connectivity index (χ1) is 14.0. The number of hydroxylamine groups is 1. The van der Waals surface area contributed by atoms with Gasteiger partial charge in [-0.2, -0.15) is 5.26 Å². The van der Waals surface area contributed by atoms with E-state index >= 15 is 0 Å². The summed E-state index contributed by atoms with van der Waals surface area (Å²) in [6.07, 6.45) is 2.02. The van der Waals surface area contributed by atoms with Crippen LogP contribution in [-0.2, 0) is 14.4 Å². The average Bonchev–Trinajstić information content (AvgIpc) is 3.32. The summed E-state index contributed by atoms with van der Waals surface area (Å²) in [5.41, 5.74) is 0.366. The number of piperidine rings is 1. The van der Waals surface area contributed by atoms with E-state index in [1.165, 1.54) is 11.0 Å². The van der Waals surface area contributed by atoms with Crippen molar-refractivity contribution in [3.05, 3.63) is 11.8 Å². The van der Waals surface area contributed by atoms with E-state index in [0.29, 0.717) is 32.6 Å². The van der Waals surface area contributed by atoms with E-state index in [0.717, 1.165) is 0 Å². The van der Waals surface area contributed by atoms with Crippen molar-refractivity contribution in [2.45, 2.75) is 62.1 Å². The fraction of sp³-hybridized carbons (Fsp3) is 0.667. The summed E-state index contributed by atoms with van der Waals surface area (Å²) < 4.78 is 27.1. The van der Waals surface area contributed by atoms with Crippen LogP contribution in [-0.4, -0.2) is 64.1 Å². The number of nitrogens with zero attached hydrogens (tertiary/aromatic N) is 2. The number of urea groups is 1. The van der Waals surface area contributed by atoms with Crippen LogP contribution in [0.15, 0.2) is 11.8 Å². The number of likely N-dealkylation sites (tertiary alicyclic amines) is 1. The molecule has 1 atom stereocenters. The zero-order valence-corrected chi connectivity index (χ0v) is 16.3. The zero-order chi connectivity index (χ0) is 22.2. The zero-order valence-electron chi connectivity index (χ0n) is 16.3. The van der Waals surface area contributed by atoms with E-state index in [1.807, 2.05) is 6.07 Å². The molecule has 164 valence electrons. The first-order valence-electron chi connectivity index (χ1n) is 9.53. The first-order valence-corrected chi connectivity index (χ1v) is 9.53. The van der Waals surface area contributed by atoms with E-state index in [4.69, 9.17) is 15.2 Å². The SMILES string of the molecule is CC(F)(F)CC(NC(=O)N1CCC2(C=C(C(=O)O)NO2)CC1)C(=O)NC1(C#N)CC1. The van der Waals surface area contributed by atoms with Gasteiger partial charge in [0.1, 0.15) is 22.9 Å². The van der Waals surface area contributed by atoms with Crippen LogP contribution in [0.5, 0.6) is 0 Å². The number of rotatable bonds is 6. The Morgan fingerprint density at radius 2 is 2.00 bits per heavy atom. The molecular weight excluding hydrogens is 404 g/mol. The second-order valence-corrected chi connectivity index (χ2v) is 8.08. The number of halogens is 2. The molecule has 1 spiro atoms. The maximum atomic E-state index is 13.6. The molecule has 3 amide bonds. The molecular formula is C18H23F2N5O5. The maximum Gasteiger partial charge on any atom is 0.354 e. The number of nitriles is 1. The molecule has 3 aliphatic rings. The fourth-order valence-corrected chi connectivity index (χ4v) is 3.44. The summed E-state index contributed by atoms with van der Waals surface area (Å²) in [6.45, 7) is 1.00. The minimum Gasteiger partial charge on any atom is -0.477 e. The Labute approximate surface area is 171 Å². The second-order valence-electron chi connectivity index (χ2n) is 8.08. The number of hydrogen-bond donors (Lipinski definition) is 4. The number of aliphatic carboxylic acids is 1. The predicted molar refractivity (Wildman–Crippen MR) is 96.8 cm³/mol. The summed E-state index contributed by atoms with van der Waals surface area (Å²) >= 11 is 0. The highest BCUT2D eigenvalue weighted by Crippen LogP contribution is 2.35. The molecule has 0 aromatic carbocycles. The van der Waals surface area contributed by atoms with Crippen molar-refractivity contribution in [2.75, 3.05) is 13.1 Å². The molecule has 0 aromatic rings. The molecule has 2 heterocycles. The Kier molecular flexibility index (Phi) is 5.60. The van der Waals surface area contributed by atoms with Gasteiger partial charge in [-0.15, -0.1) is 0 Å². The molecule has 4 N–H and O–H groups in total. The van der Waals surface area contributed by atoms with Crippen LogP contribution in [0.2, 0.25) is 0 Å². The van der Waals surface area contributed by atoms with Crippen molar-refractivity contribution < 1.29 is 33.1 Å². The van der Waals surface area contributed by atoms with E-state index in [-0.39, 0.29) is 18.8 Å². The van der Waals surface area contributed by atoms with Gasteiger partial charge in [0.2, 0.25) is 11.8 Å². The molecule has 30 heavy (non-hydrogen) atoms. The number of carbonyl (C=O) groups is 3. The Bertz CT molecular complexity index is 807. The number of nitrogens with one attached hydrogen (secondary N) is 3. The van der Waals surface area contributed by atoms with Gasteiger partial charge in [0, 0.05) is 32.4 Å². The van der Waals surface area contributed by atoms with E-state index in [2.05, 4.69) is 16.1 Å². The number of carboxylic acid groups (broad SMARTS) is 1. The highest BCUT2D eigenvalue weighted by Gasteiger charge is 2.47. The topological polar surface area (TPSA) is 144 Å². The lowest BCUT2D eigenvalue weighted by Crippen LogP contribution is -2.56. The molecule has 1 saturated carbocycles. The summed E-state index contributed by atoms with van der Waals surface area (Å²) in [7, 11) is 0. The van der Waals surface area contributed by atoms with Gasteiger partial charge in [-0.05, 0) is 25.8 Å². The number of carboxylic acids is 1. The lowest BCUT2D eigenvalue weighted by atomic mass is 9.91. The minimum absolute atomic E-state index is 0.0821. The number of hydrogen-bond acceptors (Lipinski definition) is 6. The summed E-state index contributed by atoms with van der Waals surface area (Å²) in [6, 6.07) is -0.241. The second kappa shape index (κ2) is 7.71. The predicted octanol–water partition coefficient (Wildman–Crippen LogP) is 0.620. The van der Waals surface area contributed by atoms with Crippen molar-refractivity contribution in [3.8, 4) is 6.07 Å². The van der Waals surface area contributed by atoms with E-state index in [1.54, 1.807) is 0 Å². The largest absolute Gasteiger partial charge is 0.477 e. The molecule has 2 aliphatic heterocycles. The van der Waals surface area contributed by atoms with Crippen LogP contribution in [0, 0.1) is 11.3 Å². The highest BCUT2D eigenvalue weighted by atomic mass is 19.3. The van der Waals surface area contributed by atoms with Crippen molar-refractivity contribution >= 4 is 17.9 Å². The van der Waals surface area contributed by atoms with Gasteiger partial charge in [-0.25, -0.2) is 18.4 Å². The fourth-order valence-electron chi connectivity index (χ4n) is 3.44. The van der Waals surface area contributed by atoms with Gasteiger partial charge in [0.15, 0.2) is 0 Å². The summed E-state index contributed by atoms with van der Waals surface area (Å²) in [4.78, 5) is 42.8. The van der Waals surface area contributed by atoms with Crippen LogP contribution < -0.4 is 16.1 Å². The Morgan fingerprint density at radius 1 is 1.37 bits per heavy atom.